The van der Waals surface area contributed by atoms with Gasteiger partial charge in [0.15, 0.2) is 5.58 Å². The van der Waals surface area contributed by atoms with E-state index in [0.717, 1.165) is 11.8 Å². The van der Waals surface area contributed by atoms with Gasteiger partial charge in [-0.1, -0.05) is 32.4 Å². The highest BCUT2D eigenvalue weighted by Crippen LogP contribution is 2.37. The predicted molar refractivity (Wildman–Crippen MR) is 87.5 cm³/mol. The number of carbonyl (C=O) groups excluding carboxylic acids is 1. The van der Waals surface area contributed by atoms with E-state index in [0.29, 0.717) is 26.9 Å². The lowest BCUT2D eigenvalue weighted by atomic mass is 9.97. The van der Waals surface area contributed by atoms with Gasteiger partial charge in [-0.25, -0.2) is 4.98 Å². The van der Waals surface area contributed by atoms with Crippen LogP contribution in [0.25, 0.3) is 11.1 Å². The summed E-state index contributed by atoms with van der Waals surface area (Å²) in [5.74, 6) is -0.426. The van der Waals surface area contributed by atoms with Crippen LogP contribution in [-0.2, 0) is 10.2 Å². The average molecular weight is 381 g/mol. The summed E-state index contributed by atoms with van der Waals surface area (Å²) in [6, 6.07) is 3.32. The third kappa shape index (κ3) is 4.80. The maximum Gasteiger partial charge on any atom is 0.405 e. The first-order valence-electron chi connectivity index (χ1n) is 7.03. The molecule has 1 aromatic heterocycles. The SMILES string of the molecule is CC(C)(C)c1nc2ccc(Cl)c(SCC(=O)NCC(F)(F)F)c2o1. The second-order valence-electron chi connectivity index (χ2n) is 6.17. The summed E-state index contributed by atoms with van der Waals surface area (Å²) in [6.45, 7) is 4.46. The van der Waals surface area contributed by atoms with Crippen molar-refractivity contribution >= 4 is 40.4 Å². The molecule has 0 aliphatic carbocycles. The lowest BCUT2D eigenvalue weighted by Gasteiger charge is -2.12. The monoisotopic (exact) mass is 380 g/mol. The van der Waals surface area contributed by atoms with Gasteiger partial charge in [-0.2, -0.15) is 13.2 Å². The number of amides is 1. The number of oxazole rings is 1. The molecule has 0 unspecified atom stereocenters. The standard InChI is InChI=1S/C15H16ClF3N2O2S/c1-14(2,3)13-21-9-5-4-8(16)12(11(9)23-13)24-6-10(22)20-7-15(17,18)19/h4-5H,6-7H2,1-3H3,(H,20,22). The Labute approximate surface area is 146 Å². The molecule has 2 aromatic rings. The van der Waals surface area contributed by atoms with Crippen molar-refractivity contribution < 1.29 is 22.4 Å². The Balaban J connectivity index is 2.18. The van der Waals surface area contributed by atoms with Gasteiger partial charge in [-0.15, -0.1) is 11.8 Å². The Morgan fingerprint density at radius 2 is 2.00 bits per heavy atom. The van der Waals surface area contributed by atoms with Gasteiger partial charge in [0.1, 0.15) is 12.1 Å². The molecule has 0 atom stereocenters. The minimum absolute atomic E-state index is 0.208. The van der Waals surface area contributed by atoms with Crippen molar-refractivity contribution in [2.45, 2.75) is 37.3 Å². The number of aromatic nitrogens is 1. The van der Waals surface area contributed by atoms with Crippen LogP contribution in [0, 0.1) is 0 Å². The van der Waals surface area contributed by atoms with Crippen LogP contribution in [-0.4, -0.2) is 29.4 Å². The summed E-state index contributed by atoms with van der Waals surface area (Å²) >= 11 is 7.15. The molecule has 1 N–H and O–H groups in total. The normalized spacial score (nSPS) is 12.6. The number of carbonyl (C=O) groups is 1. The Morgan fingerprint density at radius 1 is 1.33 bits per heavy atom. The summed E-state index contributed by atoms with van der Waals surface area (Å²) in [4.78, 5) is 16.4. The van der Waals surface area contributed by atoms with Gasteiger partial charge in [0, 0.05) is 5.41 Å². The van der Waals surface area contributed by atoms with Crippen molar-refractivity contribution in [3.8, 4) is 0 Å². The average Bonchev–Trinajstić information content (AvgIpc) is 2.87. The maximum absolute atomic E-state index is 12.1. The van der Waals surface area contributed by atoms with E-state index in [1.54, 1.807) is 12.1 Å². The van der Waals surface area contributed by atoms with Crippen molar-refractivity contribution in [2.75, 3.05) is 12.3 Å². The highest BCUT2D eigenvalue weighted by atomic mass is 35.5. The first-order valence-corrected chi connectivity index (χ1v) is 8.39. The van der Waals surface area contributed by atoms with Crippen LogP contribution in [0.15, 0.2) is 21.4 Å². The number of nitrogens with one attached hydrogen (secondary N) is 1. The molecule has 0 radical (unpaired) electrons. The first-order chi connectivity index (χ1) is 11.0. The molecule has 0 aliphatic rings. The van der Waals surface area contributed by atoms with Crippen LogP contribution in [0.3, 0.4) is 0 Å². The minimum Gasteiger partial charge on any atom is -0.439 e. The zero-order valence-corrected chi connectivity index (χ0v) is 14.8. The fourth-order valence-electron chi connectivity index (χ4n) is 1.79. The topological polar surface area (TPSA) is 55.1 Å². The van der Waals surface area contributed by atoms with E-state index in [-0.39, 0.29) is 11.2 Å². The summed E-state index contributed by atoms with van der Waals surface area (Å²) in [5, 5.41) is 2.17. The quantitative estimate of drug-likeness (QED) is 0.790. The van der Waals surface area contributed by atoms with E-state index in [1.165, 1.54) is 0 Å². The molecule has 0 aliphatic heterocycles. The Kier molecular flexibility index (Phi) is 5.39. The summed E-state index contributed by atoms with van der Waals surface area (Å²) in [6.07, 6.45) is -4.44. The van der Waals surface area contributed by atoms with E-state index in [2.05, 4.69) is 4.98 Å². The van der Waals surface area contributed by atoms with Crippen LogP contribution in [0.4, 0.5) is 13.2 Å². The molecular formula is C15H16ClF3N2O2S. The molecule has 4 nitrogen and oxygen atoms in total. The van der Waals surface area contributed by atoms with Crippen molar-refractivity contribution in [1.29, 1.82) is 0 Å². The Morgan fingerprint density at radius 3 is 2.58 bits per heavy atom. The molecule has 2 rings (SSSR count). The van der Waals surface area contributed by atoms with E-state index >= 15 is 0 Å². The van der Waals surface area contributed by atoms with E-state index in [1.807, 2.05) is 26.1 Å². The fourth-order valence-corrected chi connectivity index (χ4v) is 2.96. The predicted octanol–water partition coefficient (Wildman–Crippen LogP) is 4.55. The Bertz CT molecular complexity index is 753. The largest absolute Gasteiger partial charge is 0.439 e. The van der Waals surface area contributed by atoms with Gasteiger partial charge in [0.05, 0.1) is 15.7 Å². The van der Waals surface area contributed by atoms with E-state index < -0.39 is 18.6 Å². The van der Waals surface area contributed by atoms with Gasteiger partial charge in [0.2, 0.25) is 11.8 Å². The van der Waals surface area contributed by atoms with E-state index in [4.69, 9.17) is 16.0 Å². The molecule has 132 valence electrons. The van der Waals surface area contributed by atoms with Gasteiger partial charge in [-0.05, 0) is 12.1 Å². The number of thioether (sulfide) groups is 1. The number of nitrogens with zero attached hydrogens (tertiary/aromatic N) is 1. The molecule has 0 spiro atoms. The number of halogens is 4. The first kappa shape index (κ1) is 18.9. The van der Waals surface area contributed by atoms with Gasteiger partial charge >= 0.3 is 6.18 Å². The molecule has 0 bridgehead atoms. The number of fused-ring (bicyclic) bond motifs is 1. The summed E-state index contributed by atoms with van der Waals surface area (Å²) in [5.41, 5.74) is 0.709. The molecule has 24 heavy (non-hydrogen) atoms. The number of hydrogen-bond donors (Lipinski definition) is 1. The van der Waals surface area contributed by atoms with Crippen LogP contribution < -0.4 is 5.32 Å². The Hall–Kier alpha value is -1.41. The van der Waals surface area contributed by atoms with Crippen molar-refractivity contribution in [1.82, 2.24) is 10.3 Å². The van der Waals surface area contributed by atoms with Crippen molar-refractivity contribution in [3.63, 3.8) is 0 Å². The van der Waals surface area contributed by atoms with Crippen molar-refractivity contribution in [2.24, 2.45) is 0 Å². The molecular weight excluding hydrogens is 365 g/mol. The number of rotatable bonds is 4. The van der Waals surface area contributed by atoms with Crippen LogP contribution in [0.2, 0.25) is 5.02 Å². The molecule has 9 heteroatoms. The second kappa shape index (κ2) is 6.84. The zero-order chi connectivity index (χ0) is 18.1. The smallest absolute Gasteiger partial charge is 0.405 e. The highest BCUT2D eigenvalue weighted by molar-refractivity contribution is 8.00. The highest BCUT2D eigenvalue weighted by Gasteiger charge is 2.28. The van der Waals surface area contributed by atoms with Crippen LogP contribution in [0.1, 0.15) is 26.7 Å². The maximum atomic E-state index is 12.1. The molecule has 1 aromatic carbocycles. The number of alkyl halides is 3. The second-order valence-corrected chi connectivity index (χ2v) is 7.57. The third-order valence-corrected chi connectivity index (χ3v) is 4.47. The molecule has 0 saturated carbocycles. The number of hydrogen-bond acceptors (Lipinski definition) is 4. The van der Waals surface area contributed by atoms with Gasteiger partial charge in [0.25, 0.3) is 0 Å². The van der Waals surface area contributed by atoms with E-state index in [9.17, 15) is 18.0 Å². The lowest BCUT2D eigenvalue weighted by molar-refractivity contribution is -0.136. The minimum atomic E-state index is -4.44. The van der Waals surface area contributed by atoms with Crippen LogP contribution >= 0.6 is 23.4 Å². The van der Waals surface area contributed by atoms with Crippen LogP contribution in [0.5, 0.6) is 0 Å². The van der Waals surface area contributed by atoms with Gasteiger partial charge in [-0.3, -0.25) is 4.79 Å². The molecule has 1 heterocycles. The molecule has 0 saturated heterocycles. The fraction of sp³-hybridized carbons (Fsp3) is 0.467. The van der Waals surface area contributed by atoms with Gasteiger partial charge < -0.3 is 9.73 Å². The summed E-state index contributed by atoms with van der Waals surface area (Å²) in [7, 11) is 0. The summed E-state index contributed by atoms with van der Waals surface area (Å²) < 4.78 is 42.1. The zero-order valence-electron chi connectivity index (χ0n) is 13.3. The molecule has 1 amide bonds. The number of benzene rings is 1. The third-order valence-electron chi connectivity index (χ3n) is 2.94. The van der Waals surface area contributed by atoms with Crippen molar-refractivity contribution in [3.05, 3.63) is 23.0 Å². The molecule has 0 fully saturated rings. The lowest BCUT2D eigenvalue weighted by Crippen LogP contribution is -2.34.